The Labute approximate surface area is 134 Å². The SMILES string of the molecule is C1=CC2=c3ccccc3=C3C=CC4=c5ccccc5=C1C4CC23. The van der Waals surface area contributed by atoms with Gasteiger partial charge in [0, 0.05) is 11.8 Å². The van der Waals surface area contributed by atoms with E-state index < -0.39 is 0 Å². The summed E-state index contributed by atoms with van der Waals surface area (Å²) >= 11 is 0. The van der Waals surface area contributed by atoms with Crippen LogP contribution in [-0.4, -0.2) is 0 Å². The minimum absolute atomic E-state index is 0.550. The Hall–Kier alpha value is -2.60. The predicted octanol–water partition coefficient (Wildman–Crippen LogP) is 1.78. The molecule has 0 atom stereocenters. The lowest BCUT2D eigenvalue weighted by Crippen LogP contribution is -2.23. The second-order valence-electron chi connectivity index (χ2n) is 6.92. The van der Waals surface area contributed by atoms with Gasteiger partial charge in [-0.05, 0) is 49.6 Å². The molecule has 0 heterocycles. The van der Waals surface area contributed by atoms with E-state index in [1.54, 1.807) is 0 Å². The van der Waals surface area contributed by atoms with Crippen LogP contribution in [0.15, 0.2) is 72.8 Å². The molecular weight excluding hydrogens is 276 g/mol. The van der Waals surface area contributed by atoms with Crippen molar-refractivity contribution in [3.05, 3.63) is 93.7 Å². The monoisotopic (exact) mass is 292 g/mol. The van der Waals surface area contributed by atoms with Gasteiger partial charge in [0.05, 0.1) is 0 Å². The Morgan fingerprint density at radius 1 is 0.478 bits per heavy atom. The van der Waals surface area contributed by atoms with Gasteiger partial charge in [-0.25, -0.2) is 0 Å². The van der Waals surface area contributed by atoms with E-state index in [2.05, 4.69) is 72.8 Å². The number of fused-ring (bicyclic) bond motifs is 2. The van der Waals surface area contributed by atoms with Crippen LogP contribution in [0.3, 0.4) is 0 Å². The molecule has 0 N–H and O–H groups in total. The molecule has 0 aromatic heterocycles. The van der Waals surface area contributed by atoms with Crippen molar-refractivity contribution in [1.82, 2.24) is 0 Å². The van der Waals surface area contributed by atoms with Crippen LogP contribution in [0.5, 0.6) is 0 Å². The Balaban J connectivity index is 1.84. The zero-order valence-electron chi connectivity index (χ0n) is 12.8. The summed E-state index contributed by atoms with van der Waals surface area (Å²) in [6.07, 6.45) is 10.8. The van der Waals surface area contributed by atoms with Crippen molar-refractivity contribution in [3.8, 4) is 0 Å². The lowest BCUT2D eigenvalue weighted by atomic mass is 9.85. The van der Waals surface area contributed by atoms with Gasteiger partial charge >= 0.3 is 0 Å². The van der Waals surface area contributed by atoms with E-state index in [-0.39, 0.29) is 0 Å². The van der Waals surface area contributed by atoms with E-state index in [4.69, 9.17) is 0 Å². The lowest BCUT2D eigenvalue weighted by molar-refractivity contribution is 0.695. The van der Waals surface area contributed by atoms with Crippen LogP contribution < -0.4 is 20.9 Å². The van der Waals surface area contributed by atoms with Crippen molar-refractivity contribution in [2.75, 3.05) is 0 Å². The number of hydrogen-bond donors (Lipinski definition) is 0. The Morgan fingerprint density at radius 3 is 1.09 bits per heavy atom. The minimum atomic E-state index is 0.550. The van der Waals surface area contributed by atoms with Crippen molar-refractivity contribution >= 4 is 22.3 Å². The summed E-state index contributed by atoms with van der Waals surface area (Å²) in [6, 6.07) is 17.8. The summed E-state index contributed by atoms with van der Waals surface area (Å²) in [5.41, 5.74) is 6.06. The highest BCUT2D eigenvalue weighted by Crippen LogP contribution is 2.44. The van der Waals surface area contributed by atoms with Gasteiger partial charge in [0.25, 0.3) is 0 Å². The van der Waals surface area contributed by atoms with Crippen LogP contribution in [0.25, 0.3) is 22.3 Å². The second-order valence-corrected chi connectivity index (χ2v) is 6.92. The molecule has 0 aliphatic heterocycles. The standard InChI is InChI=1S/C23H16/c1-2-6-15-14(5-1)18-9-10-20-16-7-3-4-8-17(16)21-12-11-19(15)22(18)13-23(20)21/h1-12,22-23H,13H2. The third kappa shape index (κ3) is 1.37. The fourth-order valence-corrected chi connectivity index (χ4v) is 4.99. The Kier molecular flexibility index (Phi) is 2.08. The molecule has 108 valence electrons. The summed E-state index contributed by atoms with van der Waals surface area (Å²) in [5, 5.41) is 5.74. The van der Waals surface area contributed by atoms with Gasteiger partial charge in [-0.2, -0.15) is 0 Å². The predicted molar refractivity (Wildman–Crippen MR) is 94.9 cm³/mol. The quantitative estimate of drug-likeness (QED) is 0.694. The molecule has 0 saturated carbocycles. The number of rotatable bonds is 0. The maximum atomic E-state index is 2.39. The molecule has 0 heteroatoms. The van der Waals surface area contributed by atoms with E-state index in [1.165, 1.54) is 49.6 Å². The van der Waals surface area contributed by atoms with Crippen molar-refractivity contribution in [2.45, 2.75) is 6.42 Å². The van der Waals surface area contributed by atoms with E-state index >= 15 is 0 Å². The first-order valence-corrected chi connectivity index (χ1v) is 8.45. The van der Waals surface area contributed by atoms with Crippen LogP contribution in [0.4, 0.5) is 0 Å². The highest BCUT2D eigenvalue weighted by Gasteiger charge is 2.35. The van der Waals surface area contributed by atoms with Gasteiger partial charge in [0.1, 0.15) is 0 Å². The fraction of sp³-hybridized carbons (Fsp3) is 0.130. The largest absolute Gasteiger partial charge is 0.0616 e. The first-order valence-electron chi connectivity index (χ1n) is 8.45. The van der Waals surface area contributed by atoms with Gasteiger partial charge in [0.15, 0.2) is 0 Å². The second kappa shape index (κ2) is 4.02. The molecule has 0 spiro atoms. The molecule has 2 bridgehead atoms. The van der Waals surface area contributed by atoms with E-state index in [9.17, 15) is 0 Å². The molecule has 0 unspecified atom stereocenters. The fourth-order valence-electron chi connectivity index (χ4n) is 4.99. The topological polar surface area (TPSA) is 0 Å². The molecule has 6 rings (SSSR count). The molecule has 0 fully saturated rings. The maximum Gasteiger partial charge on any atom is 0.0111 e. The van der Waals surface area contributed by atoms with Gasteiger partial charge in [0.2, 0.25) is 0 Å². The smallest absolute Gasteiger partial charge is 0.0111 e. The molecular formula is C23H16. The van der Waals surface area contributed by atoms with Crippen LogP contribution in [0.1, 0.15) is 6.42 Å². The van der Waals surface area contributed by atoms with Crippen LogP contribution in [0, 0.1) is 11.8 Å². The number of allylic oxidation sites excluding steroid dienone is 4. The summed E-state index contributed by atoms with van der Waals surface area (Å²) in [6.45, 7) is 0. The molecule has 0 radical (unpaired) electrons. The maximum absolute atomic E-state index is 2.39. The third-order valence-corrected chi connectivity index (χ3v) is 5.96. The van der Waals surface area contributed by atoms with Crippen LogP contribution in [0.2, 0.25) is 0 Å². The van der Waals surface area contributed by atoms with Gasteiger partial charge in [-0.3, -0.25) is 0 Å². The van der Waals surface area contributed by atoms with Crippen molar-refractivity contribution in [2.24, 2.45) is 11.8 Å². The van der Waals surface area contributed by atoms with Crippen molar-refractivity contribution in [1.29, 1.82) is 0 Å². The molecule has 2 aromatic rings. The summed E-state index contributed by atoms with van der Waals surface area (Å²) < 4.78 is 0. The molecule has 0 nitrogen and oxygen atoms in total. The zero-order chi connectivity index (χ0) is 15.0. The lowest BCUT2D eigenvalue weighted by Gasteiger charge is -2.17. The number of benzene rings is 2. The van der Waals surface area contributed by atoms with Gasteiger partial charge in [-0.1, -0.05) is 72.8 Å². The van der Waals surface area contributed by atoms with Crippen LogP contribution >= 0.6 is 0 Å². The van der Waals surface area contributed by atoms with Gasteiger partial charge in [-0.15, -0.1) is 0 Å². The normalized spacial score (nSPS) is 25.4. The van der Waals surface area contributed by atoms with E-state index in [0.717, 1.165) is 0 Å². The number of hydrogen-bond acceptors (Lipinski definition) is 0. The summed E-state index contributed by atoms with van der Waals surface area (Å²) in [5.74, 6) is 1.10. The average Bonchev–Trinajstić information content (AvgIpc) is 2.86. The zero-order valence-corrected chi connectivity index (χ0v) is 12.8. The summed E-state index contributed by atoms with van der Waals surface area (Å²) in [7, 11) is 0. The van der Waals surface area contributed by atoms with Crippen molar-refractivity contribution in [3.63, 3.8) is 0 Å². The minimum Gasteiger partial charge on any atom is -0.0616 e. The van der Waals surface area contributed by atoms with Crippen molar-refractivity contribution < 1.29 is 0 Å². The third-order valence-electron chi connectivity index (χ3n) is 5.96. The van der Waals surface area contributed by atoms with Gasteiger partial charge < -0.3 is 0 Å². The highest BCUT2D eigenvalue weighted by atomic mass is 14.4. The molecule has 0 amide bonds. The molecule has 23 heavy (non-hydrogen) atoms. The Morgan fingerprint density at radius 2 is 0.783 bits per heavy atom. The van der Waals surface area contributed by atoms with Crippen LogP contribution in [-0.2, 0) is 0 Å². The van der Waals surface area contributed by atoms with E-state index in [0.29, 0.717) is 11.8 Å². The molecule has 2 aromatic carbocycles. The average molecular weight is 292 g/mol. The Bertz CT molecular complexity index is 1000. The van der Waals surface area contributed by atoms with E-state index in [1.807, 2.05) is 0 Å². The molecule has 4 aliphatic carbocycles. The summed E-state index contributed by atoms with van der Waals surface area (Å²) in [4.78, 5) is 0. The first-order chi connectivity index (χ1) is 11.4. The highest BCUT2D eigenvalue weighted by molar-refractivity contribution is 5.91. The first kappa shape index (κ1) is 11.9. The molecule has 4 aliphatic rings. The molecule has 0 saturated heterocycles.